The second kappa shape index (κ2) is 3.94. The monoisotopic (exact) mass is 144 g/mol. The van der Waals surface area contributed by atoms with Crippen molar-refractivity contribution >= 4 is 0 Å². The normalized spacial score (nSPS) is 34.2. The van der Waals surface area contributed by atoms with E-state index in [0.717, 1.165) is 6.61 Å². The van der Waals surface area contributed by atoms with Crippen LogP contribution in [0.3, 0.4) is 0 Å². The van der Waals surface area contributed by atoms with Crippen LogP contribution < -0.4 is 5.73 Å². The molecule has 0 heterocycles. The molecule has 1 saturated carbocycles. The molecule has 1 rings (SSSR count). The first-order valence-electron chi connectivity index (χ1n) is 4.27. The SMILES string of the molecule is CCOC1CCC([NH3+])CC1. The van der Waals surface area contributed by atoms with Gasteiger partial charge in [0.25, 0.3) is 0 Å². The lowest BCUT2D eigenvalue weighted by Gasteiger charge is -2.23. The fourth-order valence-electron chi connectivity index (χ4n) is 1.53. The van der Waals surface area contributed by atoms with E-state index in [-0.39, 0.29) is 0 Å². The van der Waals surface area contributed by atoms with E-state index in [4.69, 9.17) is 4.74 Å². The smallest absolute Gasteiger partial charge is 0.0845 e. The largest absolute Gasteiger partial charge is 0.379 e. The van der Waals surface area contributed by atoms with Crippen molar-refractivity contribution < 1.29 is 10.5 Å². The third-order valence-electron chi connectivity index (χ3n) is 2.20. The fraction of sp³-hybridized carbons (Fsp3) is 1.00. The van der Waals surface area contributed by atoms with E-state index < -0.39 is 0 Å². The molecule has 0 radical (unpaired) electrons. The standard InChI is InChI=1S/C8H17NO/c1-2-10-8-5-3-7(9)4-6-8/h7-8H,2-6,9H2,1H3/p+1. The quantitative estimate of drug-likeness (QED) is 0.604. The van der Waals surface area contributed by atoms with Gasteiger partial charge in [0.15, 0.2) is 0 Å². The molecular formula is C8H18NO+. The molecule has 0 aromatic rings. The Morgan fingerprint density at radius 3 is 2.40 bits per heavy atom. The lowest BCUT2D eigenvalue weighted by Crippen LogP contribution is -2.62. The molecule has 0 aliphatic heterocycles. The first kappa shape index (κ1) is 8.02. The maximum absolute atomic E-state index is 5.50. The van der Waals surface area contributed by atoms with Gasteiger partial charge in [-0.1, -0.05) is 0 Å². The Labute approximate surface area is 62.7 Å². The minimum absolute atomic E-state index is 0.544. The van der Waals surface area contributed by atoms with Crippen LogP contribution in [0.2, 0.25) is 0 Å². The average Bonchev–Trinajstić information content (AvgIpc) is 1.95. The highest BCUT2D eigenvalue weighted by molar-refractivity contribution is 4.70. The Hall–Kier alpha value is -0.0800. The van der Waals surface area contributed by atoms with Gasteiger partial charge in [0, 0.05) is 19.4 Å². The van der Waals surface area contributed by atoms with Crippen molar-refractivity contribution in [3.05, 3.63) is 0 Å². The van der Waals surface area contributed by atoms with Gasteiger partial charge >= 0.3 is 0 Å². The minimum atomic E-state index is 0.544. The molecule has 0 aromatic heterocycles. The molecular weight excluding hydrogens is 126 g/mol. The van der Waals surface area contributed by atoms with Crippen molar-refractivity contribution in [1.29, 1.82) is 0 Å². The highest BCUT2D eigenvalue weighted by Crippen LogP contribution is 2.18. The molecule has 60 valence electrons. The Morgan fingerprint density at radius 1 is 1.30 bits per heavy atom. The number of quaternary nitrogens is 1. The van der Waals surface area contributed by atoms with Crippen LogP contribution in [-0.4, -0.2) is 18.8 Å². The van der Waals surface area contributed by atoms with Crippen molar-refractivity contribution in [2.75, 3.05) is 6.61 Å². The summed E-state index contributed by atoms with van der Waals surface area (Å²) in [7, 11) is 0. The lowest BCUT2D eigenvalue weighted by molar-refractivity contribution is -0.427. The van der Waals surface area contributed by atoms with Gasteiger partial charge in [0.2, 0.25) is 0 Å². The zero-order valence-corrected chi connectivity index (χ0v) is 6.81. The lowest BCUT2D eigenvalue weighted by atomic mass is 9.94. The minimum Gasteiger partial charge on any atom is -0.379 e. The van der Waals surface area contributed by atoms with Crippen molar-refractivity contribution in [2.24, 2.45) is 0 Å². The molecule has 0 aromatic carbocycles. The molecule has 0 unspecified atom stereocenters. The van der Waals surface area contributed by atoms with Gasteiger partial charge in [-0.15, -0.1) is 0 Å². The van der Waals surface area contributed by atoms with Gasteiger partial charge in [-0.05, 0) is 19.8 Å². The Bertz CT molecular complexity index is 87.3. The summed E-state index contributed by atoms with van der Waals surface area (Å²) in [6.07, 6.45) is 5.50. The summed E-state index contributed by atoms with van der Waals surface area (Å²) < 4.78 is 5.50. The molecule has 1 fully saturated rings. The highest BCUT2D eigenvalue weighted by atomic mass is 16.5. The number of ether oxygens (including phenoxy) is 1. The van der Waals surface area contributed by atoms with Crippen molar-refractivity contribution in [3.63, 3.8) is 0 Å². The Balaban J connectivity index is 2.13. The maximum Gasteiger partial charge on any atom is 0.0845 e. The van der Waals surface area contributed by atoms with Gasteiger partial charge < -0.3 is 10.5 Å². The molecule has 2 heteroatoms. The highest BCUT2D eigenvalue weighted by Gasteiger charge is 2.19. The van der Waals surface area contributed by atoms with E-state index in [2.05, 4.69) is 12.7 Å². The van der Waals surface area contributed by atoms with Crippen LogP contribution in [0.15, 0.2) is 0 Å². The molecule has 2 nitrogen and oxygen atoms in total. The van der Waals surface area contributed by atoms with Crippen LogP contribution in [0, 0.1) is 0 Å². The van der Waals surface area contributed by atoms with Crippen molar-refractivity contribution in [1.82, 2.24) is 0 Å². The summed E-state index contributed by atoms with van der Waals surface area (Å²) in [5, 5.41) is 0. The van der Waals surface area contributed by atoms with Crippen molar-refractivity contribution in [3.8, 4) is 0 Å². The Kier molecular flexibility index (Phi) is 3.16. The summed E-state index contributed by atoms with van der Waals surface area (Å²) in [6, 6.07) is 0.691. The zero-order chi connectivity index (χ0) is 7.40. The molecule has 3 N–H and O–H groups in total. The molecule has 1 aliphatic carbocycles. The third-order valence-corrected chi connectivity index (χ3v) is 2.20. The first-order valence-corrected chi connectivity index (χ1v) is 4.27. The second-order valence-corrected chi connectivity index (χ2v) is 3.10. The van der Waals surface area contributed by atoms with Gasteiger partial charge in [0.1, 0.15) is 0 Å². The van der Waals surface area contributed by atoms with E-state index in [1.807, 2.05) is 0 Å². The van der Waals surface area contributed by atoms with Crippen LogP contribution in [-0.2, 0) is 4.74 Å². The van der Waals surface area contributed by atoms with E-state index in [9.17, 15) is 0 Å². The second-order valence-electron chi connectivity index (χ2n) is 3.10. The topological polar surface area (TPSA) is 36.9 Å². The van der Waals surface area contributed by atoms with E-state index >= 15 is 0 Å². The number of hydrogen-bond donors (Lipinski definition) is 1. The predicted molar refractivity (Wildman–Crippen MR) is 40.6 cm³/mol. The van der Waals surface area contributed by atoms with Crippen molar-refractivity contribution in [2.45, 2.75) is 44.8 Å². The molecule has 0 saturated heterocycles. The third kappa shape index (κ3) is 2.27. The van der Waals surface area contributed by atoms with Crippen LogP contribution in [0.25, 0.3) is 0 Å². The fourth-order valence-corrected chi connectivity index (χ4v) is 1.53. The summed E-state index contributed by atoms with van der Waals surface area (Å²) in [6.45, 7) is 2.93. The van der Waals surface area contributed by atoms with Crippen LogP contribution >= 0.6 is 0 Å². The molecule has 0 amide bonds. The summed E-state index contributed by atoms with van der Waals surface area (Å²) in [5.41, 5.74) is 4.04. The molecule has 0 atom stereocenters. The summed E-state index contributed by atoms with van der Waals surface area (Å²) >= 11 is 0. The molecule has 0 spiro atoms. The summed E-state index contributed by atoms with van der Waals surface area (Å²) in [5.74, 6) is 0. The number of hydrogen-bond acceptors (Lipinski definition) is 1. The van der Waals surface area contributed by atoms with Gasteiger partial charge in [-0.3, -0.25) is 0 Å². The molecule has 1 aliphatic rings. The van der Waals surface area contributed by atoms with E-state index in [0.29, 0.717) is 12.1 Å². The van der Waals surface area contributed by atoms with Crippen LogP contribution in [0.4, 0.5) is 0 Å². The van der Waals surface area contributed by atoms with Crippen LogP contribution in [0.1, 0.15) is 32.6 Å². The van der Waals surface area contributed by atoms with E-state index in [1.165, 1.54) is 25.7 Å². The van der Waals surface area contributed by atoms with E-state index in [1.54, 1.807) is 0 Å². The van der Waals surface area contributed by atoms with Crippen LogP contribution in [0.5, 0.6) is 0 Å². The number of rotatable bonds is 2. The van der Waals surface area contributed by atoms with Gasteiger partial charge in [0.05, 0.1) is 12.1 Å². The van der Waals surface area contributed by atoms with Gasteiger partial charge in [-0.25, -0.2) is 0 Å². The molecule has 0 bridgehead atoms. The first-order chi connectivity index (χ1) is 4.83. The summed E-state index contributed by atoms with van der Waals surface area (Å²) in [4.78, 5) is 0. The molecule has 10 heavy (non-hydrogen) atoms. The predicted octanol–water partition coefficient (Wildman–Crippen LogP) is 0.576. The maximum atomic E-state index is 5.50. The zero-order valence-electron chi connectivity index (χ0n) is 6.81. The van der Waals surface area contributed by atoms with Gasteiger partial charge in [-0.2, -0.15) is 0 Å². The average molecular weight is 144 g/mol. The Morgan fingerprint density at radius 2 is 1.90 bits per heavy atom.